The number of aryl methyl sites for hydroxylation is 2. The van der Waals surface area contributed by atoms with Crippen molar-refractivity contribution >= 4 is 0 Å². The number of allylic oxidation sites excluding steroid dienone is 1. The molecule has 178 valence electrons. The van der Waals surface area contributed by atoms with Gasteiger partial charge in [0, 0.05) is 0 Å². The zero-order valence-corrected chi connectivity index (χ0v) is 20.5. The SMILES string of the molecule is C=CCC[C@H]1CC[C@H](c2ccc(CCc3ccc([C@H]4CC[C@H](CCF)CC4)cc3)cc2)CC1. The van der Waals surface area contributed by atoms with E-state index in [4.69, 9.17) is 0 Å². The number of halogens is 1. The van der Waals surface area contributed by atoms with Crippen LogP contribution in [0.5, 0.6) is 0 Å². The minimum absolute atomic E-state index is 0.149. The number of alkyl halides is 1. The van der Waals surface area contributed by atoms with E-state index in [1.807, 2.05) is 0 Å². The van der Waals surface area contributed by atoms with Gasteiger partial charge in [-0.15, -0.1) is 6.58 Å². The van der Waals surface area contributed by atoms with Crippen molar-refractivity contribution in [2.24, 2.45) is 11.8 Å². The number of hydrogen-bond donors (Lipinski definition) is 0. The van der Waals surface area contributed by atoms with Gasteiger partial charge in [0.1, 0.15) is 0 Å². The van der Waals surface area contributed by atoms with Crippen LogP contribution in [-0.4, -0.2) is 6.67 Å². The van der Waals surface area contributed by atoms with Gasteiger partial charge in [-0.05, 0) is 129 Å². The third-order valence-corrected chi connectivity index (χ3v) is 8.59. The fourth-order valence-electron chi connectivity index (χ4n) is 6.28. The Morgan fingerprint density at radius 3 is 1.45 bits per heavy atom. The molecular formula is C32H43F. The van der Waals surface area contributed by atoms with Crippen LogP contribution in [0.1, 0.15) is 105 Å². The minimum atomic E-state index is -0.149. The van der Waals surface area contributed by atoms with E-state index in [0.717, 1.165) is 31.1 Å². The van der Waals surface area contributed by atoms with E-state index in [2.05, 4.69) is 61.2 Å². The lowest BCUT2D eigenvalue weighted by Gasteiger charge is -2.28. The molecule has 2 fully saturated rings. The lowest BCUT2D eigenvalue weighted by atomic mass is 9.77. The summed E-state index contributed by atoms with van der Waals surface area (Å²) in [7, 11) is 0. The first-order chi connectivity index (χ1) is 16.2. The van der Waals surface area contributed by atoms with Gasteiger partial charge in [-0.1, -0.05) is 54.6 Å². The van der Waals surface area contributed by atoms with Crippen LogP contribution in [0.2, 0.25) is 0 Å². The van der Waals surface area contributed by atoms with Crippen molar-refractivity contribution in [3.8, 4) is 0 Å². The van der Waals surface area contributed by atoms with E-state index < -0.39 is 0 Å². The molecule has 2 aliphatic carbocycles. The van der Waals surface area contributed by atoms with Crippen molar-refractivity contribution in [2.45, 2.75) is 95.3 Å². The molecule has 2 saturated carbocycles. The summed E-state index contributed by atoms with van der Waals surface area (Å²) in [6.07, 6.45) is 17.9. The second-order valence-electron chi connectivity index (χ2n) is 10.8. The molecular weight excluding hydrogens is 403 g/mol. The summed E-state index contributed by atoms with van der Waals surface area (Å²) in [4.78, 5) is 0. The van der Waals surface area contributed by atoms with Crippen LogP contribution in [0, 0.1) is 11.8 Å². The van der Waals surface area contributed by atoms with Gasteiger partial charge in [-0.25, -0.2) is 0 Å². The Kier molecular flexibility index (Phi) is 9.21. The molecule has 0 aromatic heterocycles. The topological polar surface area (TPSA) is 0 Å². The molecule has 0 amide bonds. The van der Waals surface area contributed by atoms with Crippen LogP contribution >= 0.6 is 0 Å². The molecule has 0 radical (unpaired) electrons. The molecule has 0 N–H and O–H groups in total. The molecule has 33 heavy (non-hydrogen) atoms. The minimum Gasteiger partial charge on any atom is -0.251 e. The summed E-state index contributed by atoms with van der Waals surface area (Å²) in [5.41, 5.74) is 5.92. The van der Waals surface area contributed by atoms with Gasteiger partial charge >= 0.3 is 0 Å². The first-order valence-electron chi connectivity index (χ1n) is 13.6. The zero-order valence-electron chi connectivity index (χ0n) is 20.5. The molecule has 0 atom stereocenters. The smallest absolute Gasteiger partial charge is 0.0897 e. The van der Waals surface area contributed by atoms with Crippen LogP contribution in [-0.2, 0) is 12.8 Å². The van der Waals surface area contributed by atoms with Crippen LogP contribution in [0.25, 0.3) is 0 Å². The van der Waals surface area contributed by atoms with Gasteiger partial charge in [-0.2, -0.15) is 0 Å². The fourth-order valence-corrected chi connectivity index (χ4v) is 6.28. The Hall–Kier alpha value is -1.89. The zero-order chi connectivity index (χ0) is 22.9. The van der Waals surface area contributed by atoms with Crippen LogP contribution in [0.15, 0.2) is 61.2 Å². The van der Waals surface area contributed by atoms with E-state index in [9.17, 15) is 4.39 Å². The summed E-state index contributed by atoms with van der Waals surface area (Å²) < 4.78 is 12.6. The first kappa shape index (κ1) is 24.2. The number of rotatable bonds is 10. The second-order valence-corrected chi connectivity index (χ2v) is 10.8. The average molecular weight is 447 g/mol. The molecule has 0 aliphatic heterocycles. The quantitative estimate of drug-likeness (QED) is 0.319. The van der Waals surface area contributed by atoms with Crippen molar-refractivity contribution < 1.29 is 4.39 Å². The fraction of sp³-hybridized carbons (Fsp3) is 0.562. The number of benzene rings is 2. The first-order valence-corrected chi connectivity index (χ1v) is 13.6. The molecule has 4 rings (SSSR count). The third-order valence-electron chi connectivity index (χ3n) is 8.59. The summed E-state index contributed by atoms with van der Waals surface area (Å²) in [6.45, 7) is 3.72. The van der Waals surface area contributed by atoms with Crippen molar-refractivity contribution in [3.63, 3.8) is 0 Å². The molecule has 0 heterocycles. The van der Waals surface area contributed by atoms with Crippen molar-refractivity contribution in [3.05, 3.63) is 83.4 Å². The Morgan fingerprint density at radius 2 is 1.06 bits per heavy atom. The van der Waals surface area contributed by atoms with Gasteiger partial charge in [0.15, 0.2) is 0 Å². The highest BCUT2D eigenvalue weighted by Crippen LogP contribution is 2.38. The molecule has 0 bridgehead atoms. The highest BCUT2D eigenvalue weighted by Gasteiger charge is 2.23. The summed E-state index contributed by atoms with van der Waals surface area (Å²) in [5, 5.41) is 0. The van der Waals surface area contributed by atoms with Gasteiger partial charge in [0.2, 0.25) is 0 Å². The Balaban J connectivity index is 1.21. The van der Waals surface area contributed by atoms with Crippen molar-refractivity contribution in [1.82, 2.24) is 0 Å². The van der Waals surface area contributed by atoms with E-state index in [-0.39, 0.29) is 6.67 Å². The predicted octanol–water partition coefficient (Wildman–Crippen LogP) is 9.35. The monoisotopic (exact) mass is 446 g/mol. The van der Waals surface area contributed by atoms with Crippen molar-refractivity contribution in [2.75, 3.05) is 6.67 Å². The standard InChI is InChI=1S/C32H43F/c1-2-3-4-25-7-15-29(16-8-25)30-17-9-26(10-18-30)5-6-27-11-19-31(20-12-27)32-21-13-28(14-22-32)23-24-33/h2,9-12,17-20,25,28-29,32H,1,3-8,13-16,21-24H2/t25-,28-,29-,32-. The molecule has 0 spiro atoms. The Labute approximate surface area is 201 Å². The van der Waals surface area contributed by atoms with Crippen LogP contribution < -0.4 is 0 Å². The van der Waals surface area contributed by atoms with E-state index in [1.54, 1.807) is 5.56 Å². The molecule has 0 nitrogen and oxygen atoms in total. The summed E-state index contributed by atoms with van der Waals surface area (Å²) >= 11 is 0. The maximum Gasteiger partial charge on any atom is 0.0897 e. The van der Waals surface area contributed by atoms with Gasteiger partial charge in [0.05, 0.1) is 6.67 Å². The third kappa shape index (κ3) is 7.05. The molecule has 1 heteroatoms. The Morgan fingerprint density at radius 1 is 0.636 bits per heavy atom. The average Bonchev–Trinajstić information content (AvgIpc) is 2.88. The molecule has 2 aliphatic rings. The largest absolute Gasteiger partial charge is 0.251 e. The molecule has 0 unspecified atom stereocenters. The van der Waals surface area contributed by atoms with Crippen LogP contribution in [0.4, 0.5) is 4.39 Å². The maximum atomic E-state index is 12.6. The normalized spacial score (nSPS) is 25.6. The number of hydrogen-bond acceptors (Lipinski definition) is 0. The predicted molar refractivity (Wildman–Crippen MR) is 140 cm³/mol. The van der Waals surface area contributed by atoms with Crippen molar-refractivity contribution in [1.29, 1.82) is 0 Å². The maximum absolute atomic E-state index is 12.6. The molecule has 2 aromatic rings. The molecule has 2 aromatic carbocycles. The van der Waals surface area contributed by atoms with E-state index >= 15 is 0 Å². The lowest BCUT2D eigenvalue weighted by Crippen LogP contribution is -2.13. The van der Waals surface area contributed by atoms with E-state index in [1.165, 1.54) is 80.9 Å². The van der Waals surface area contributed by atoms with E-state index in [0.29, 0.717) is 11.8 Å². The Bertz CT molecular complexity index is 818. The summed E-state index contributed by atoms with van der Waals surface area (Å²) in [6, 6.07) is 18.9. The van der Waals surface area contributed by atoms with Crippen LogP contribution in [0.3, 0.4) is 0 Å². The van der Waals surface area contributed by atoms with Gasteiger partial charge in [-0.3, -0.25) is 4.39 Å². The second kappa shape index (κ2) is 12.5. The van der Waals surface area contributed by atoms with Gasteiger partial charge in [0.25, 0.3) is 0 Å². The van der Waals surface area contributed by atoms with Gasteiger partial charge < -0.3 is 0 Å². The lowest BCUT2D eigenvalue weighted by molar-refractivity contribution is 0.283. The highest BCUT2D eigenvalue weighted by molar-refractivity contribution is 5.29. The summed E-state index contributed by atoms with van der Waals surface area (Å²) in [5.74, 6) is 2.98. The highest BCUT2D eigenvalue weighted by atomic mass is 19.1. The molecule has 0 saturated heterocycles.